The van der Waals surface area contributed by atoms with Crippen LogP contribution >= 0.6 is 0 Å². The zero-order valence-electron chi connectivity index (χ0n) is 10.9. The molecule has 106 valence electrons. The third-order valence-electron chi connectivity index (χ3n) is 2.53. The Morgan fingerprint density at radius 3 is 2.70 bits per heavy atom. The van der Waals surface area contributed by atoms with E-state index in [0.717, 1.165) is 18.4 Å². The number of benzene rings is 1. The Morgan fingerprint density at radius 2 is 2.15 bits per heavy atom. The Labute approximate surface area is 115 Å². The van der Waals surface area contributed by atoms with Crippen LogP contribution in [-0.2, 0) is 9.84 Å². The van der Waals surface area contributed by atoms with Crippen LogP contribution in [0.3, 0.4) is 0 Å². The summed E-state index contributed by atoms with van der Waals surface area (Å²) >= 11 is 0. The molecule has 8 heteroatoms. The van der Waals surface area contributed by atoms with Gasteiger partial charge >= 0.3 is 0 Å². The molecule has 20 heavy (non-hydrogen) atoms. The highest BCUT2D eigenvalue weighted by Crippen LogP contribution is 2.15. The van der Waals surface area contributed by atoms with Gasteiger partial charge in [-0.3, -0.25) is 0 Å². The first-order valence-electron chi connectivity index (χ1n) is 5.63. The van der Waals surface area contributed by atoms with E-state index in [1.807, 2.05) is 0 Å². The van der Waals surface area contributed by atoms with Crippen molar-refractivity contribution >= 4 is 22.0 Å². The van der Waals surface area contributed by atoms with Crippen molar-refractivity contribution in [2.75, 3.05) is 12.0 Å². The quantitative estimate of drug-likeness (QED) is 0.680. The fourth-order valence-electron chi connectivity index (χ4n) is 1.68. The average molecular weight is 296 g/mol. The van der Waals surface area contributed by atoms with Gasteiger partial charge < -0.3 is 5.73 Å². The summed E-state index contributed by atoms with van der Waals surface area (Å²) < 4.78 is 37.8. The average Bonchev–Trinajstić information content (AvgIpc) is 2.63. The van der Waals surface area contributed by atoms with Crippen LogP contribution in [0.1, 0.15) is 11.3 Å². The van der Waals surface area contributed by atoms with Crippen LogP contribution in [0.25, 0.3) is 0 Å². The Balaban J connectivity index is 2.48. The molecule has 0 unspecified atom stereocenters. The summed E-state index contributed by atoms with van der Waals surface area (Å²) in [6.07, 6.45) is 3.86. The zero-order chi connectivity index (χ0) is 14.9. The van der Waals surface area contributed by atoms with Gasteiger partial charge in [0.15, 0.2) is 9.84 Å². The molecule has 0 spiro atoms. The lowest BCUT2D eigenvalue weighted by atomic mass is 10.2. The minimum absolute atomic E-state index is 0.00180. The number of imidazole rings is 1. The van der Waals surface area contributed by atoms with Crippen LogP contribution < -0.4 is 5.73 Å². The van der Waals surface area contributed by atoms with Gasteiger partial charge in [0.1, 0.15) is 5.82 Å². The molecule has 1 heterocycles. The Bertz CT molecular complexity index is 781. The summed E-state index contributed by atoms with van der Waals surface area (Å²) in [5.41, 5.74) is 6.42. The van der Waals surface area contributed by atoms with E-state index >= 15 is 0 Å². The third kappa shape index (κ3) is 3.02. The van der Waals surface area contributed by atoms with Gasteiger partial charge in [-0.15, -0.1) is 0 Å². The number of nitrogen functional groups attached to an aromatic ring is 1. The second kappa shape index (κ2) is 5.04. The van der Waals surface area contributed by atoms with Gasteiger partial charge in [0.25, 0.3) is 0 Å². The molecule has 1 aromatic carbocycles. The third-order valence-corrected chi connectivity index (χ3v) is 3.70. The zero-order valence-corrected chi connectivity index (χ0v) is 11.7. The topological polar surface area (TPSA) is 90.3 Å². The van der Waals surface area contributed by atoms with E-state index in [-0.39, 0.29) is 16.4 Å². The smallest absolute Gasteiger partial charge is 0.221 e. The van der Waals surface area contributed by atoms with Crippen molar-refractivity contribution in [3.63, 3.8) is 0 Å². The molecule has 0 saturated heterocycles. The van der Waals surface area contributed by atoms with E-state index < -0.39 is 15.7 Å². The highest BCUT2D eigenvalue weighted by molar-refractivity contribution is 7.90. The first-order valence-corrected chi connectivity index (χ1v) is 7.52. The maximum absolute atomic E-state index is 13.2. The van der Waals surface area contributed by atoms with E-state index in [0.29, 0.717) is 5.69 Å². The summed E-state index contributed by atoms with van der Waals surface area (Å²) in [7, 11) is -3.47. The second-order valence-electron chi connectivity index (χ2n) is 4.28. The van der Waals surface area contributed by atoms with Gasteiger partial charge in [0.05, 0.1) is 23.0 Å². The number of anilines is 1. The predicted octanol–water partition coefficient (Wildman–Crippen LogP) is 1.20. The van der Waals surface area contributed by atoms with Crippen molar-refractivity contribution in [3.05, 3.63) is 41.5 Å². The summed E-state index contributed by atoms with van der Waals surface area (Å²) in [6, 6.07) is 3.39. The highest BCUT2D eigenvalue weighted by atomic mass is 32.2. The molecule has 0 fully saturated rings. The molecule has 1 aromatic heterocycles. The molecule has 0 radical (unpaired) electrons. The van der Waals surface area contributed by atoms with E-state index in [4.69, 9.17) is 5.73 Å². The number of hydrogen-bond acceptors (Lipinski definition) is 5. The molecule has 0 aliphatic carbocycles. The van der Waals surface area contributed by atoms with Crippen LogP contribution in [0.5, 0.6) is 0 Å². The van der Waals surface area contributed by atoms with Crippen LogP contribution in [0.2, 0.25) is 0 Å². The number of nitrogens with zero attached hydrogens (tertiary/aromatic N) is 3. The number of aromatic nitrogens is 2. The molecule has 0 aliphatic heterocycles. The van der Waals surface area contributed by atoms with Gasteiger partial charge in [-0.1, -0.05) is 0 Å². The molecule has 6 nitrogen and oxygen atoms in total. The number of nitrogens with two attached hydrogens (primary N) is 1. The lowest BCUT2D eigenvalue weighted by molar-refractivity contribution is 0.600. The Morgan fingerprint density at radius 1 is 1.45 bits per heavy atom. The van der Waals surface area contributed by atoms with Crippen LogP contribution in [0.4, 0.5) is 10.3 Å². The first-order chi connectivity index (χ1) is 9.27. The SMILES string of the molecule is Cc1cn(N=Cc2cc(F)ccc2S(C)(=O)=O)c(N)n1. The Kier molecular flexibility index (Phi) is 3.58. The van der Waals surface area contributed by atoms with Crippen molar-refractivity contribution in [2.24, 2.45) is 5.10 Å². The van der Waals surface area contributed by atoms with Gasteiger partial charge in [-0.25, -0.2) is 22.5 Å². The number of sulfone groups is 1. The van der Waals surface area contributed by atoms with E-state index in [1.165, 1.54) is 17.0 Å². The van der Waals surface area contributed by atoms with E-state index in [2.05, 4.69) is 10.1 Å². The molecule has 0 atom stereocenters. The highest BCUT2D eigenvalue weighted by Gasteiger charge is 2.13. The molecular weight excluding hydrogens is 283 g/mol. The van der Waals surface area contributed by atoms with E-state index in [1.54, 1.807) is 13.1 Å². The summed E-state index contributed by atoms with van der Waals surface area (Å²) in [6.45, 7) is 1.74. The van der Waals surface area contributed by atoms with Gasteiger partial charge in [0, 0.05) is 11.8 Å². The molecule has 0 bridgehead atoms. The standard InChI is InChI=1S/C12H13FN4O2S/c1-8-7-17(12(14)16-8)15-6-9-5-10(13)3-4-11(9)20(2,18)19/h3-7H,1-2H3,(H2,14,16). The maximum Gasteiger partial charge on any atom is 0.221 e. The number of hydrogen-bond donors (Lipinski definition) is 1. The molecule has 2 aromatic rings. The maximum atomic E-state index is 13.2. The fraction of sp³-hybridized carbons (Fsp3) is 0.167. The monoisotopic (exact) mass is 296 g/mol. The lowest BCUT2D eigenvalue weighted by Crippen LogP contribution is -2.04. The van der Waals surface area contributed by atoms with Crippen molar-refractivity contribution < 1.29 is 12.8 Å². The normalized spacial score (nSPS) is 12.2. The molecular formula is C12H13FN4O2S. The Hall–Kier alpha value is -2.22. The van der Waals surface area contributed by atoms with Gasteiger partial charge in [0.2, 0.25) is 5.95 Å². The lowest BCUT2D eigenvalue weighted by Gasteiger charge is -2.03. The first kappa shape index (κ1) is 14.2. The van der Waals surface area contributed by atoms with Crippen molar-refractivity contribution in [1.29, 1.82) is 0 Å². The summed E-state index contributed by atoms with van der Waals surface area (Å²) in [4.78, 5) is 3.94. The second-order valence-corrected chi connectivity index (χ2v) is 6.27. The molecule has 2 rings (SSSR count). The summed E-state index contributed by atoms with van der Waals surface area (Å²) in [5, 5.41) is 3.99. The van der Waals surface area contributed by atoms with Crippen molar-refractivity contribution in [2.45, 2.75) is 11.8 Å². The minimum atomic E-state index is -3.47. The predicted molar refractivity (Wildman–Crippen MR) is 73.9 cm³/mol. The van der Waals surface area contributed by atoms with Crippen molar-refractivity contribution in [1.82, 2.24) is 9.66 Å². The van der Waals surface area contributed by atoms with Crippen LogP contribution in [0.15, 0.2) is 34.4 Å². The number of halogens is 1. The molecule has 2 N–H and O–H groups in total. The van der Waals surface area contributed by atoms with Crippen molar-refractivity contribution in [3.8, 4) is 0 Å². The molecule has 0 aliphatic rings. The largest absolute Gasteiger partial charge is 0.368 e. The number of rotatable bonds is 3. The van der Waals surface area contributed by atoms with Gasteiger partial charge in [-0.05, 0) is 25.1 Å². The fourth-order valence-corrected chi connectivity index (χ4v) is 2.53. The van der Waals surface area contributed by atoms with Gasteiger partial charge in [-0.2, -0.15) is 5.10 Å². The van der Waals surface area contributed by atoms with E-state index in [9.17, 15) is 12.8 Å². The summed E-state index contributed by atoms with van der Waals surface area (Å²) in [5.74, 6) is -0.385. The molecule has 0 saturated carbocycles. The van der Waals surface area contributed by atoms with Crippen LogP contribution in [0, 0.1) is 12.7 Å². The minimum Gasteiger partial charge on any atom is -0.368 e. The molecule has 0 amide bonds. The number of aryl methyl sites for hydroxylation is 1. The van der Waals surface area contributed by atoms with Crippen LogP contribution in [-0.4, -0.2) is 30.5 Å².